The summed E-state index contributed by atoms with van der Waals surface area (Å²) in [5, 5.41) is 18.2. The molecule has 0 bridgehead atoms. The Labute approximate surface area is 138 Å². The lowest BCUT2D eigenvalue weighted by Crippen LogP contribution is -2.53. The van der Waals surface area contributed by atoms with Crippen molar-refractivity contribution in [2.24, 2.45) is 11.7 Å². The molecule has 0 spiro atoms. The van der Waals surface area contributed by atoms with Crippen molar-refractivity contribution in [3.05, 3.63) is 46.5 Å². The van der Waals surface area contributed by atoms with Crippen molar-refractivity contribution < 1.29 is 9.72 Å². The van der Waals surface area contributed by atoms with Crippen LogP contribution in [0.1, 0.15) is 30.1 Å². The summed E-state index contributed by atoms with van der Waals surface area (Å²) in [6, 6.07) is 4.26. The zero-order chi connectivity index (χ0) is 17.3. The summed E-state index contributed by atoms with van der Waals surface area (Å²) in [6.07, 6.45) is 4.70. The predicted octanol–water partition coefficient (Wildman–Crippen LogP) is 1.03. The summed E-state index contributed by atoms with van der Waals surface area (Å²) in [5.41, 5.74) is 5.56. The molecular formula is C15H18N6O3. The minimum Gasteiger partial charge on any atom is -0.345 e. The number of benzene rings is 1. The molecule has 3 rings (SSSR count). The van der Waals surface area contributed by atoms with Gasteiger partial charge in [0.25, 0.3) is 11.6 Å². The molecule has 0 aliphatic heterocycles. The van der Waals surface area contributed by atoms with Gasteiger partial charge in [-0.3, -0.25) is 14.9 Å². The molecule has 24 heavy (non-hydrogen) atoms. The Morgan fingerprint density at radius 2 is 2.29 bits per heavy atom. The average Bonchev–Trinajstić information content (AvgIpc) is 3.30. The van der Waals surface area contributed by atoms with E-state index in [1.807, 2.05) is 6.92 Å². The Bertz CT molecular complexity index is 772. The third-order valence-corrected chi connectivity index (χ3v) is 4.40. The number of nitrogens with two attached hydrogens (primary N) is 1. The number of carbonyl (C=O) groups excluding carboxylic acids is 1. The maximum atomic E-state index is 12.5. The van der Waals surface area contributed by atoms with Crippen LogP contribution in [0.25, 0.3) is 5.69 Å². The van der Waals surface area contributed by atoms with Gasteiger partial charge in [-0.05, 0) is 37.8 Å². The van der Waals surface area contributed by atoms with Crippen LogP contribution in [0.5, 0.6) is 0 Å². The molecule has 1 aliphatic carbocycles. The molecular weight excluding hydrogens is 312 g/mol. The highest BCUT2D eigenvalue weighted by atomic mass is 16.6. The number of rotatable bonds is 6. The van der Waals surface area contributed by atoms with Crippen molar-refractivity contribution in [2.45, 2.75) is 25.3 Å². The molecule has 126 valence electrons. The van der Waals surface area contributed by atoms with Crippen molar-refractivity contribution in [2.75, 3.05) is 6.54 Å². The monoisotopic (exact) mass is 330 g/mol. The number of aromatic nitrogens is 3. The van der Waals surface area contributed by atoms with Crippen molar-refractivity contribution in [1.82, 2.24) is 20.1 Å². The van der Waals surface area contributed by atoms with E-state index in [0.717, 1.165) is 12.8 Å². The van der Waals surface area contributed by atoms with Gasteiger partial charge in [-0.15, -0.1) is 0 Å². The summed E-state index contributed by atoms with van der Waals surface area (Å²) in [6.45, 7) is 2.23. The quantitative estimate of drug-likeness (QED) is 0.601. The van der Waals surface area contributed by atoms with Crippen molar-refractivity contribution in [1.29, 1.82) is 0 Å². The zero-order valence-corrected chi connectivity index (χ0v) is 13.2. The van der Waals surface area contributed by atoms with Crippen LogP contribution < -0.4 is 11.1 Å². The predicted molar refractivity (Wildman–Crippen MR) is 85.7 cm³/mol. The first-order valence-corrected chi connectivity index (χ1v) is 7.60. The van der Waals surface area contributed by atoms with Crippen LogP contribution >= 0.6 is 0 Å². The number of nitrogens with zero attached hydrogens (tertiary/aromatic N) is 4. The Morgan fingerprint density at radius 3 is 2.83 bits per heavy atom. The fraction of sp³-hybridized carbons (Fsp3) is 0.400. The highest BCUT2D eigenvalue weighted by Crippen LogP contribution is 2.39. The summed E-state index contributed by atoms with van der Waals surface area (Å²) >= 11 is 0. The number of carbonyl (C=O) groups is 1. The fourth-order valence-corrected chi connectivity index (χ4v) is 2.71. The van der Waals surface area contributed by atoms with Crippen molar-refractivity contribution >= 4 is 11.6 Å². The number of amides is 1. The molecule has 2 aromatic rings. The van der Waals surface area contributed by atoms with Gasteiger partial charge in [0.2, 0.25) is 0 Å². The Hall–Kier alpha value is -2.81. The zero-order valence-electron chi connectivity index (χ0n) is 13.2. The Morgan fingerprint density at radius 1 is 1.54 bits per heavy atom. The highest BCUT2D eigenvalue weighted by molar-refractivity contribution is 5.95. The van der Waals surface area contributed by atoms with Gasteiger partial charge in [0.15, 0.2) is 0 Å². The Kier molecular flexibility index (Phi) is 4.02. The lowest BCUT2D eigenvalue weighted by Gasteiger charge is -2.29. The van der Waals surface area contributed by atoms with E-state index < -0.39 is 10.5 Å². The normalized spacial score (nSPS) is 16.4. The van der Waals surface area contributed by atoms with E-state index in [-0.39, 0.29) is 22.8 Å². The van der Waals surface area contributed by atoms with Gasteiger partial charge in [0.1, 0.15) is 18.3 Å². The van der Waals surface area contributed by atoms with Crippen LogP contribution in [0, 0.1) is 16.0 Å². The van der Waals surface area contributed by atoms with Gasteiger partial charge in [-0.1, -0.05) is 0 Å². The molecule has 0 saturated heterocycles. The molecule has 9 nitrogen and oxygen atoms in total. The van der Waals surface area contributed by atoms with Crippen LogP contribution in [0.3, 0.4) is 0 Å². The molecule has 9 heteroatoms. The van der Waals surface area contributed by atoms with Crippen LogP contribution in [0.2, 0.25) is 0 Å². The molecule has 0 radical (unpaired) electrons. The second-order valence-corrected chi connectivity index (χ2v) is 6.15. The van der Waals surface area contributed by atoms with Crippen LogP contribution in [0.4, 0.5) is 5.69 Å². The maximum Gasteiger partial charge on any atom is 0.295 e. The minimum absolute atomic E-state index is 0.214. The van der Waals surface area contributed by atoms with E-state index in [1.54, 1.807) is 0 Å². The van der Waals surface area contributed by atoms with Crippen LogP contribution in [-0.2, 0) is 0 Å². The molecule has 1 saturated carbocycles. The summed E-state index contributed by atoms with van der Waals surface area (Å²) < 4.78 is 1.29. The maximum absolute atomic E-state index is 12.5. The number of hydrogen-bond donors (Lipinski definition) is 2. The van der Waals surface area contributed by atoms with Gasteiger partial charge >= 0.3 is 0 Å². The lowest BCUT2D eigenvalue weighted by atomic mass is 9.95. The third-order valence-electron chi connectivity index (χ3n) is 4.40. The summed E-state index contributed by atoms with van der Waals surface area (Å²) in [7, 11) is 0. The number of nitro benzene ring substituents is 1. The van der Waals surface area contributed by atoms with Gasteiger partial charge in [-0.2, -0.15) is 5.10 Å². The molecule has 1 fully saturated rings. The first kappa shape index (κ1) is 16.1. The standard InChI is InChI=1S/C15H18N6O3/c1-15(7-16,11-3-4-11)19-14(22)10-2-5-12(13(6-10)21(23)24)20-9-17-8-18-20/h2,5-6,8-9,11H,3-4,7,16H2,1H3,(H,19,22). The van der Waals surface area contributed by atoms with Gasteiger partial charge < -0.3 is 11.1 Å². The SMILES string of the molecule is CC(CN)(NC(=O)c1ccc(-n2cncn2)c([N+](=O)[O-])c1)C1CC1. The van der Waals surface area contributed by atoms with Crippen LogP contribution in [-0.4, -0.2) is 37.7 Å². The van der Waals surface area contributed by atoms with Gasteiger partial charge in [-0.25, -0.2) is 9.67 Å². The molecule has 1 amide bonds. The van der Waals surface area contributed by atoms with E-state index >= 15 is 0 Å². The number of hydrogen-bond acceptors (Lipinski definition) is 6. The fourth-order valence-electron chi connectivity index (χ4n) is 2.71. The second kappa shape index (κ2) is 6.00. The van der Waals surface area contributed by atoms with Crippen LogP contribution in [0.15, 0.2) is 30.9 Å². The van der Waals surface area contributed by atoms with E-state index in [2.05, 4.69) is 15.4 Å². The topological polar surface area (TPSA) is 129 Å². The summed E-state index contributed by atoms with van der Waals surface area (Å²) in [4.78, 5) is 27.1. The number of nitro groups is 1. The molecule has 1 atom stereocenters. The Balaban J connectivity index is 1.90. The van der Waals surface area contributed by atoms with Crippen molar-refractivity contribution in [3.63, 3.8) is 0 Å². The molecule has 3 N–H and O–H groups in total. The molecule has 1 heterocycles. The molecule has 1 aromatic heterocycles. The smallest absolute Gasteiger partial charge is 0.295 e. The lowest BCUT2D eigenvalue weighted by molar-refractivity contribution is -0.384. The van der Waals surface area contributed by atoms with Crippen molar-refractivity contribution in [3.8, 4) is 5.69 Å². The second-order valence-electron chi connectivity index (χ2n) is 6.15. The van der Waals surface area contributed by atoms with E-state index in [1.165, 1.54) is 35.5 Å². The number of nitrogens with one attached hydrogen (secondary N) is 1. The first-order valence-electron chi connectivity index (χ1n) is 7.60. The van der Waals surface area contributed by atoms with E-state index in [9.17, 15) is 14.9 Å². The highest BCUT2D eigenvalue weighted by Gasteiger charge is 2.41. The molecule has 1 aromatic carbocycles. The van der Waals surface area contributed by atoms with E-state index in [0.29, 0.717) is 12.5 Å². The average molecular weight is 330 g/mol. The van der Waals surface area contributed by atoms with Gasteiger partial charge in [0, 0.05) is 18.2 Å². The molecule has 1 aliphatic rings. The summed E-state index contributed by atoms with van der Waals surface area (Å²) in [5.74, 6) is -0.0149. The first-order chi connectivity index (χ1) is 11.4. The minimum atomic E-state index is -0.545. The largest absolute Gasteiger partial charge is 0.345 e. The third kappa shape index (κ3) is 2.98. The van der Waals surface area contributed by atoms with E-state index in [4.69, 9.17) is 5.73 Å². The van der Waals surface area contributed by atoms with Gasteiger partial charge in [0.05, 0.1) is 10.5 Å². The molecule has 1 unspecified atom stereocenters.